The normalized spacial score (nSPS) is 22.0. The smallest absolute Gasteiger partial charge is 0.261 e. The maximum Gasteiger partial charge on any atom is 0.261 e. The van der Waals surface area contributed by atoms with Gasteiger partial charge >= 0.3 is 0 Å². The molecule has 2 aliphatic heterocycles. The standard InChI is InChI=1S/C21H26N4O3/c1-2-10-23-12-8-21(20(23)28)9-13-24(14-21)18(26)7-11-25-15-22-17-6-4-3-5-16(17)19(25)27/h3-6,15H,2,7-14H2,1H3. The van der Waals surface area contributed by atoms with Crippen LogP contribution in [0, 0.1) is 5.41 Å². The molecule has 1 aromatic heterocycles. The Balaban J connectivity index is 1.40. The predicted molar refractivity (Wildman–Crippen MR) is 106 cm³/mol. The van der Waals surface area contributed by atoms with Gasteiger partial charge in [-0.3, -0.25) is 19.0 Å². The van der Waals surface area contributed by atoms with Crippen molar-refractivity contribution < 1.29 is 9.59 Å². The van der Waals surface area contributed by atoms with Gasteiger partial charge in [0, 0.05) is 39.1 Å². The summed E-state index contributed by atoms with van der Waals surface area (Å²) in [5.74, 6) is 0.207. The highest BCUT2D eigenvalue weighted by molar-refractivity contribution is 5.87. The summed E-state index contributed by atoms with van der Waals surface area (Å²) in [7, 11) is 0. The second-order valence-corrected chi connectivity index (χ2v) is 7.90. The monoisotopic (exact) mass is 382 g/mol. The molecule has 148 valence electrons. The highest BCUT2D eigenvalue weighted by Crippen LogP contribution is 2.40. The minimum Gasteiger partial charge on any atom is -0.342 e. The number of hydrogen-bond donors (Lipinski definition) is 0. The van der Waals surface area contributed by atoms with Crippen molar-refractivity contribution in [3.05, 3.63) is 40.9 Å². The molecule has 2 aromatic rings. The van der Waals surface area contributed by atoms with Gasteiger partial charge in [-0.15, -0.1) is 0 Å². The number of carbonyl (C=O) groups is 2. The van der Waals surface area contributed by atoms with E-state index in [2.05, 4.69) is 11.9 Å². The predicted octanol–water partition coefficient (Wildman–Crippen LogP) is 1.65. The first-order valence-electron chi connectivity index (χ1n) is 10.1. The lowest BCUT2D eigenvalue weighted by Gasteiger charge is -2.23. The van der Waals surface area contributed by atoms with Gasteiger partial charge in [0.15, 0.2) is 0 Å². The van der Waals surface area contributed by atoms with Crippen molar-refractivity contribution in [3.8, 4) is 0 Å². The zero-order chi connectivity index (χ0) is 19.7. The van der Waals surface area contributed by atoms with E-state index in [9.17, 15) is 14.4 Å². The summed E-state index contributed by atoms with van der Waals surface area (Å²) in [4.78, 5) is 46.1. The van der Waals surface area contributed by atoms with Gasteiger partial charge in [0.05, 0.1) is 22.6 Å². The molecular formula is C21H26N4O3. The van der Waals surface area contributed by atoms with Crippen LogP contribution in [-0.4, -0.2) is 57.3 Å². The van der Waals surface area contributed by atoms with Gasteiger partial charge in [-0.25, -0.2) is 4.98 Å². The number of nitrogens with zero attached hydrogens (tertiary/aromatic N) is 4. The molecular weight excluding hydrogens is 356 g/mol. The lowest BCUT2D eigenvalue weighted by Crippen LogP contribution is -2.38. The molecule has 1 unspecified atom stereocenters. The molecule has 0 radical (unpaired) electrons. The van der Waals surface area contributed by atoms with Gasteiger partial charge in [-0.05, 0) is 31.4 Å². The van der Waals surface area contributed by atoms with E-state index in [1.165, 1.54) is 10.9 Å². The van der Waals surface area contributed by atoms with Crippen molar-refractivity contribution in [2.45, 2.75) is 39.2 Å². The van der Waals surface area contributed by atoms with E-state index in [-0.39, 0.29) is 29.2 Å². The average molecular weight is 382 g/mol. The maximum absolute atomic E-state index is 12.8. The molecule has 0 bridgehead atoms. The molecule has 1 spiro atoms. The van der Waals surface area contributed by atoms with E-state index in [1.807, 2.05) is 17.0 Å². The second kappa shape index (κ2) is 7.37. The molecule has 2 amide bonds. The van der Waals surface area contributed by atoms with Crippen LogP contribution in [0.5, 0.6) is 0 Å². The average Bonchev–Trinajstić information content (AvgIpc) is 3.28. The summed E-state index contributed by atoms with van der Waals surface area (Å²) in [6.45, 7) is 5.10. The highest BCUT2D eigenvalue weighted by Gasteiger charge is 2.51. The molecule has 7 heteroatoms. The van der Waals surface area contributed by atoms with E-state index in [0.717, 1.165) is 32.4 Å². The molecule has 0 saturated carbocycles. The minimum atomic E-state index is -0.383. The summed E-state index contributed by atoms with van der Waals surface area (Å²) in [5.41, 5.74) is 0.150. The molecule has 1 aromatic carbocycles. The van der Waals surface area contributed by atoms with E-state index in [0.29, 0.717) is 30.5 Å². The highest BCUT2D eigenvalue weighted by atomic mass is 16.2. The van der Waals surface area contributed by atoms with Crippen molar-refractivity contribution in [1.29, 1.82) is 0 Å². The number of hydrogen-bond acceptors (Lipinski definition) is 4. The van der Waals surface area contributed by atoms with E-state index in [4.69, 9.17) is 0 Å². The summed E-state index contributed by atoms with van der Waals surface area (Å²) >= 11 is 0. The Labute approximate surface area is 163 Å². The Kier molecular flexibility index (Phi) is 4.91. The number of rotatable bonds is 5. The summed E-state index contributed by atoms with van der Waals surface area (Å²) in [5, 5.41) is 0.560. The number of likely N-dealkylation sites (tertiary alicyclic amines) is 2. The molecule has 2 aliphatic rings. The lowest BCUT2D eigenvalue weighted by atomic mass is 9.85. The molecule has 0 N–H and O–H groups in total. The van der Waals surface area contributed by atoms with E-state index in [1.54, 1.807) is 17.0 Å². The van der Waals surface area contributed by atoms with Gasteiger partial charge in [0.2, 0.25) is 11.8 Å². The Morgan fingerprint density at radius 1 is 1.14 bits per heavy atom. The number of aromatic nitrogens is 2. The molecule has 4 rings (SSSR count). The van der Waals surface area contributed by atoms with Crippen molar-refractivity contribution in [3.63, 3.8) is 0 Å². The number of amides is 2. The van der Waals surface area contributed by atoms with Crippen LogP contribution in [0.25, 0.3) is 10.9 Å². The van der Waals surface area contributed by atoms with Crippen LogP contribution in [0.2, 0.25) is 0 Å². The number of para-hydroxylation sites is 1. The first-order valence-corrected chi connectivity index (χ1v) is 10.1. The van der Waals surface area contributed by atoms with Crippen molar-refractivity contribution in [2.75, 3.05) is 26.2 Å². The molecule has 28 heavy (non-hydrogen) atoms. The molecule has 2 saturated heterocycles. The summed E-state index contributed by atoms with van der Waals surface area (Å²) < 4.78 is 1.50. The van der Waals surface area contributed by atoms with Crippen molar-refractivity contribution >= 4 is 22.7 Å². The molecule has 0 aliphatic carbocycles. The summed E-state index contributed by atoms with van der Waals surface area (Å²) in [6.07, 6.45) is 4.29. The van der Waals surface area contributed by atoms with Crippen LogP contribution < -0.4 is 5.56 Å². The van der Waals surface area contributed by atoms with E-state index < -0.39 is 0 Å². The van der Waals surface area contributed by atoms with Crippen LogP contribution in [0.4, 0.5) is 0 Å². The number of fused-ring (bicyclic) bond motifs is 1. The zero-order valence-electron chi connectivity index (χ0n) is 16.3. The second-order valence-electron chi connectivity index (χ2n) is 7.90. The third-order valence-corrected chi connectivity index (χ3v) is 6.10. The fourth-order valence-electron chi connectivity index (χ4n) is 4.48. The third kappa shape index (κ3) is 3.19. The largest absolute Gasteiger partial charge is 0.342 e. The van der Waals surface area contributed by atoms with Crippen LogP contribution in [0.15, 0.2) is 35.4 Å². The first-order chi connectivity index (χ1) is 13.5. The Morgan fingerprint density at radius 2 is 1.93 bits per heavy atom. The van der Waals surface area contributed by atoms with Gasteiger partial charge < -0.3 is 9.80 Å². The first kappa shape index (κ1) is 18.7. The molecule has 3 heterocycles. The van der Waals surface area contributed by atoms with Crippen molar-refractivity contribution in [1.82, 2.24) is 19.4 Å². The Morgan fingerprint density at radius 3 is 2.75 bits per heavy atom. The molecule has 7 nitrogen and oxygen atoms in total. The van der Waals surface area contributed by atoms with Gasteiger partial charge in [0.1, 0.15) is 0 Å². The van der Waals surface area contributed by atoms with Crippen LogP contribution >= 0.6 is 0 Å². The number of aryl methyl sites for hydroxylation is 1. The number of carbonyl (C=O) groups excluding carboxylic acids is 2. The molecule has 1 atom stereocenters. The minimum absolute atomic E-state index is 0.00123. The Bertz CT molecular complexity index is 970. The fraction of sp³-hybridized carbons (Fsp3) is 0.524. The topological polar surface area (TPSA) is 75.5 Å². The van der Waals surface area contributed by atoms with Gasteiger partial charge in [-0.1, -0.05) is 19.1 Å². The Hall–Kier alpha value is -2.70. The van der Waals surface area contributed by atoms with Crippen LogP contribution in [-0.2, 0) is 16.1 Å². The van der Waals surface area contributed by atoms with E-state index >= 15 is 0 Å². The van der Waals surface area contributed by atoms with Gasteiger partial charge in [0.25, 0.3) is 5.56 Å². The third-order valence-electron chi connectivity index (χ3n) is 6.10. The van der Waals surface area contributed by atoms with Crippen LogP contribution in [0.3, 0.4) is 0 Å². The lowest BCUT2D eigenvalue weighted by molar-refractivity contribution is -0.136. The summed E-state index contributed by atoms with van der Waals surface area (Å²) in [6, 6.07) is 7.21. The fourth-order valence-corrected chi connectivity index (χ4v) is 4.48. The van der Waals surface area contributed by atoms with Gasteiger partial charge in [-0.2, -0.15) is 0 Å². The SMILES string of the molecule is CCCN1CCC2(CCN(C(=O)CCn3cnc4ccccc4c3=O)C2)C1=O. The zero-order valence-corrected chi connectivity index (χ0v) is 16.3. The quantitative estimate of drug-likeness (QED) is 0.788. The maximum atomic E-state index is 12.8. The van der Waals surface area contributed by atoms with Crippen LogP contribution in [0.1, 0.15) is 32.6 Å². The van der Waals surface area contributed by atoms with Crippen molar-refractivity contribution in [2.24, 2.45) is 5.41 Å². The molecule has 2 fully saturated rings. The number of benzene rings is 1.